The number of benzene rings is 2. The minimum absolute atomic E-state index is 0.0659. The maximum Gasteiger partial charge on any atom is 0.237 e. The lowest BCUT2D eigenvalue weighted by molar-refractivity contribution is -0.115. The Morgan fingerprint density at radius 1 is 1.18 bits per heavy atom. The normalized spacial score (nSPS) is 11.9. The molecule has 0 bridgehead atoms. The highest BCUT2D eigenvalue weighted by atomic mass is 32.2. The maximum atomic E-state index is 12.6. The van der Waals surface area contributed by atoms with Crippen molar-refractivity contribution in [2.45, 2.75) is 37.7 Å². The van der Waals surface area contributed by atoms with E-state index >= 15 is 0 Å². The van der Waals surface area contributed by atoms with E-state index in [1.165, 1.54) is 11.8 Å². The first-order valence-electron chi connectivity index (χ1n) is 9.14. The van der Waals surface area contributed by atoms with E-state index in [2.05, 4.69) is 15.5 Å². The fraction of sp³-hybridized carbons (Fsp3) is 0.286. The van der Waals surface area contributed by atoms with Crippen LogP contribution in [-0.4, -0.2) is 33.0 Å². The Kier molecular flexibility index (Phi) is 6.36. The van der Waals surface area contributed by atoms with Gasteiger partial charge in [-0.2, -0.15) is 0 Å². The average Bonchev–Trinajstić information content (AvgIpc) is 3.11. The summed E-state index contributed by atoms with van der Waals surface area (Å²) in [5.41, 5.74) is 2.73. The van der Waals surface area contributed by atoms with Crippen molar-refractivity contribution in [1.29, 1.82) is 0 Å². The van der Waals surface area contributed by atoms with Gasteiger partial charge in [-0.1, -0.05) is 42.1 Å². The molecule has 3 rings (SSSR count). The molecule has 1 atom stereocenters. The van der Waals surface area contributed by atoms with E-state index in [-0.39, 0.29) is 11.2 Å². The van der Waals surface area contributed by atoms with Crippen LogP contribution in [0.4, 0.5) is 5.69 Å². The molecular weight excluding hydrogens is 372 g/mol. The lowest BCUT2D eigenvalue weighted by Gasteiger charge is -2.14. The molecule has 0 spiro atoms. The molecule has 3 aromatic rings. The second-order valence-electron chi connectivity index (χ2n) is 6.31. The number of rotatable bonds is 7. The first kappa shape index (κ1) is 19.9. The van der Waals surface area contributed by atoms with Gasteiger partial charge in [0.05, 0.1) is 17.9 Å². The molecule has 6 nitrogen and oxygen atoms in total. The van der Waals surface area contributed by atoms with E-state index in [0.717, 1.165) is 28.4 Å². The number of nitrogens with one attached hydrogen (secondary N) is 1. The number of hydrogen-bond donors (Lipinski definition) is 1. The zero-order valence-corrected chi connectivity index (χ0v) is 17.3. The van der Waals surface area contributed by atoms with Crippen molar-refractivity contribution < 1.29 is 9.53 Å². The van der Waals surface area contributed by atoms with Crippen LogP contribution < -0.4 is 10.1 Å². The molecule has 1 heterocycles. The number of nitrogens with zero attached hydrogens (tertiary/aromatic N) is 3. The molecule has 0 aliphatic heterocycles. The van der Waals surface area contributed by atoms with Gasteiger partial charge in [-0.3, -0.25) is 4.79 Å². The quantitative estimate of drug-likeness (QED) is 0.600. The number of amides is 1. The van der Waals surface area contributed by atoms with Gasteiger partial charge in [0.2, 0.25) is 5.91 Å². The van der Waals surface area contributed by atoms with Crippen molar-refractivity contribution in [1.82, 2.24) is 14.8 Å². The van der Waals surface area contributed by atoms with Crippen LogP contribution in [0, 0.1) is 6.92 Å². The number of hydrogen-bond acceptors (Lipinski definition) is 5. The highest BCUT2D eigenvalue weighted by Gasteiger charge is 2.21. The van der Waals surface area contributed by atoms with E-state index in [1.807, 2.05) is 73.9 Å². The molecule has 0 fully saturated rings. The number of para-hydroxylation sites is 2. The summed E-state index contributed by atoms with van der Waals surface area (Å²) in [6.45, 7) is 6.57. The molecule has 0 radical (unpaired) electrons. The molecule has 1 aromatic heterocycles. The van der Waals surface area contributed by atoms with Gasteiger partial charge in [-0.05, 0) is 44.5 Å². The largest absolute Gasteiger partial charge is 0.496 e. The molecule has 28 heavy (non-hydrogen) atoms. The van der Waals surface area contributed by atoms with Gasteiger partial charge >= 0.3 is 0 Å². The Balaban J connectivity index is 1.80. The van der Waals surface area contributed by atoms with Crippen LogP contribution in [0.15, 0.2) is 53.7 Å². The van der Waals surface area contributed by atoms with Gasteiger partial charge in [0.1, 0.15) is 5.75 Å². The van der Waals surface area contributed by atoms with Gasteiger partial charge in [-0.25, -0.2) is 0 Å². The number of aromatic nitrogens is 3. The monoisotopic (exact) mass is 396 g/mol. The first-order chi connectivity index (χ1) is 13.5. The van der Waals surface area contributed by atoms with Crippen LogP contribution in [0.25, 0.3) is 11.4 Å². The Morgan fingerprint density at radius 3 is 2.61 bits per heavy atom. The van der Waals surface area contributed by atoms with Crippen LogP contribution in [-0.2, 0) is 11.3 Å². The summed E-state index contributed by atoms with van der Waals surface area (Å²) in [6, 6.07) is 15.5. The smallest absolute Gasteiger partial charge is 0.237 e. The number of anilines is 1. The molecule has 0 aliphatic rings. The minimum atomic E-state index is -0.320. The molecule has 1 amide bonds. The van der Waals surface area contributed by atoms with Gasteiger partial charge in [-0.15, -0.1) is 10.2 Å². The van der Waals surface area contributed by atoms with E-state index in [9.17, 15) is 4.79 Å². The topological polar surface area (TPSA) is 69.0 Å². The van der Waals surface area contributed by atoms with Crippen molar-refractivity contribution >= 4 is 23.4 Å². The number of thioether (sulfide) groups is 1. The summed E-state index contributed by atoms with van der Waals surface area (Å²) < 4.78 is 7.45. The second kappa shape index (κ2) is 8.93. The molecule has 0 aliphatic carbocycles. The molecule has 0 saturated heterocycles. The Bertz CT molecular complexity index is 971. The third-order valence-electron chi connectivity index (χ3n) is 4.44. The number of methoxy groups -OCH3 is 1. The van der Waals surface area contributed by atoms with E-state index < -0.39 is 0 Å². The minimum Gasteiger partial charge on any atom is -0.496 e. The summed E-state index contributed by atoms with van der Waals surface area (Å²) in [5, 5.41) is 12.1. The van der Waals surface area contributed by atoms with Crippen LogP contribution in [0.2, 0.25) is 0 Å². The van der Waals surface area contributed by atoms with E-state index in [1.54, 1.807) is 7.11 Å². The molecule has 1 unspecified atom stereocenters. The molecule has 146 valence electrons. The summed E-state index contributed by atoms with van der Waals surface area (Å²) >= 11 is 1.39. The number of ether oxygens (including phenoxy) is 1. The predicted octanol–water partition coefficient (Wildman–Crippen LogP) is 4.40. The van der Waals surface area contributed by atoms with E-state index in [4.69, 9.17) is 4.74 Å². The molecule has 7 heteroatoms. The highest BCUT2D eigenvalue weighted by molar-refractivity contribution is 8.00. The van der Waals surface area contributed by atoms with Crippen molar-refractivity contribution in [3.8, 4) is 17.1 Å². The summed E-state index contributed by atoms with van der Waals surface area (Å²) in [4.78, 5) is 12.6. The van der Waals surface area contributed by atoms with Crippen molar-refractivity contribution in [2.75, 3.05) is 12.4 Å². The zero-order chi connectivity index (χ0) is 20.1. The Hall–Kier alpha value is -2.80. The van der Waals surface area contributed by atoms with Gasteiger partial charge < -0.3 is 14.6 Å². The van der Waals surface area contributed by atoms with Gasteiger partial charge in [0, 0.05) is 12.2 Å². The number of carbonyl (C=O) groups is 1. The second-order valence-corrected chi connectivity index (χ2v) is 7.62. The average molecular weight is 397 g/mol. The fourth-order valence-corrected chi connectivity index (χ4v) is 3.76. The fourth-order valence-electron chi connectivity index (χ4n) is 2.85. The summed E-state index contributed by atoms with van der Waals surface area (Å²) in [5.74, 6) is 1.41. The first-order valence-corrected chi connectivity index (χ1v) is 10.0. The van der Waals surface area contributed by atoms with E-state index in [0.29, 0.717) is 11.7 Å². The standard InChI is InChI=1S/C21H24N4O2S/c1-5-25-19(16-11-7-9-13-18(16)27-4)23-24-21(25)28-15(3)20(26)22-17-12-8-6-10-14(17)2/h6-13,15H,5H2,1-4H3,(H,22,26). The zero-order valence-electron chi connectivity index (χ0n) is 16.5. The predicted molar refractivity (Wildman–Crippen MR) is 113 cm³/mol. The Morgan fingerprint density at radius 2 is 1.89 bits per heavy atom. The highest BCUT2D eigenvalue weighted by Crippen LogP contribution is 2.32. The molecule has 0 saturated carbocycles. The molecular formula is C21H24N4O2S. The van der Waals surface area contributed by atoms with Crippen LogP contribution in [0.3, 0.4) is 0 Å². The molecule has 2 aromatic carbocycles. The van der Waals surface area contributed by atoms with Crippen molar-refractivity contribution in [2.24, 2.45) is 0 Å². The summed E-state index contributed by atoms with van der Waals surface area (Å²) in [6.07, 6.45) is 0. The van der Waals surface area contributed by atoms with Gasteiger partial charge in [0.15, 0.2) is 11.0 Å². The number of aryl methyl sites for hydroxylation is 1. The Labute approximate surface area is 169 Å². The van der Waals surface area contributed by atoms with Crippen LogP contribution >= 0.6 is 11.8 Å². The lowest BCUT2D eigenvalue weighted by Crippen LogP contribution is -2.23. The van der Waals surface area contributed by atoms with Crippen LogP contribution in [0.5, 0.6) is 5.75 Å². The van der Waals surface area contributed by atoms with Gasteiger partial charge in [0.25, 0.3) is 0 Å². The number of carbonyl (C=O) groups excluding carboxylic acids is 1. The van der Waals surface area contributed by atoms with Crippen molar-refractivity contribution in [3.05, 3.63) is 54.1 Å². The third-order valence-corrected chi connectivity index (χ3v) is 5.52. The maximum absolute atomic E-state index is 12.6. The lowest BCUT2D eigenvalue weighted by atomic mass is 10.2. The summed E-state index contributed by atoms with van der Waals surface area (Å²) in [7, 11) is 1.64. The van der Waals surface area contributed by atoms with Crippen molar-refractivity contribution in [3.63, 3.8) is 0 Å². The molecule has 1 N–H and O–H groups in total. The SMILES string of the molecule is CCn1c(SC(C)C(=O)Nc2ccccc2C)nnc1-c1ccccc1OC. The third kappa shape index (κ3) is 4.20. The van der Waals surface area contributed by atoms with Crippen LogP contribution in [0.1, 0.15) is 19.4 Å².